The molecule has 1 aromatic rings. The first kappa shape index (κ1) is 13.9. The molecule has 0 amide bonds. The van der Waals surface area contributed by atoms with Crippen molar-refractivity contribution in [2.24, 2.45) is 0 Å². The highest BCUT2D eigenvalue weighted by Crippen LogP contribution is 2.33. The van der Waals surface area contributed by atoms with Crippen LogP contribution in [0.25, 0.3) is 0 Å². The highest BCUT2D eigenvalue weighted by molar-refractivity contribution is 5.90. The molecule has 0 N–H and O–H groups in total. The summed E-state index contributed by atoms with van der Waals surface area (Å²) in [6.45, 7) is 4.48. The van der Waals surface area contributed by atoms with Crippen molar-refractivity contribution in [1.82, 2.24) is 0 Å². The molecule has 0 aliphatic heterocycles. The Hall–Kier alpha value is -1.55. The summed E-state index contributed by atoms with van der Waals surface area (Å²) in [5, 5.41) is 0. The molecule has 0 spiro atoms. The Morgan fingerprint density at radius 2 is 2.05 bits per heavy atom. The average molecular weight is 264 g/mol. The van der Waals surface area contributed by atoms with E-state index in [9.17, 15) is 4.79 Å². The van der Waals surface area contributed by atoms with E-state index >= 15 is 0 Å². The number of ether oxygens (including phenoxy) is 3. The van der Waals surface area contributed by atoms with Gasteiger partial charge in [0.1, 0.15) is 6.10 Å². The van der Waals surface area contributed by atoms with Crippen molar-refractivity contribution in [2.75, 3.05) is 13.7 Å². The van der Waals surface area contributed by atoms with E-state index in [0.717, 1.165) is 6.42 Å². The van der Waals surface area contributed by atoms with Gasteiger partial charge < -0.3 is 14.2 Å². The molecule has 0 radical (unpaired) electrons. The van der Waals surface area contributed by atoms with Crippen LogP contribution in [0, 0.1) is 0 Å². The third kappa shape index (κ3) is 2.89. The van der Waals surface area contributed by atoms with Gasteiger partial charge in [-0.1, -0.05) is 13.0 Å². The van der Waals surface area contributed by atoms with Gasteiger partial charge in [0.25, 0.3) is 0 Å². The Labute approximate surface area is 113 Å². The Balaban J connectivity index is 2.08. The quantitative estimate of drug-likeness (QED) is 0.791. The van der Waals surface area contributed by atoms with Gasteiger partial charge in [-0.2, -0.15) is 0 Å². The summed E-state index contributed by atoms with van der Waals surface area (Å²) in [5.74, 6) is 1.48. The Morgan fingerprint density at radius 3 is 2.63 bits per heavy atom. The largest absolute Gasteiger partial charge is 0.493 e. The van der Waals surface area contributed by atoms with Crippen LogP contribution in [-0.4, -0.2) is 31.7 Å². The van der Waals surface area contributed by atoms with Crippen LogP contribution in [0.5, 0.6) is 11.5 Å². The second-order valence-electron chi connectivity index (χ2n) is 4.54. The summed E-state index contributed by atoms with van der Waals surface area (Å²) < 4.78 is 16.5. The minimum absolute atomic E-state index is 0.107. The monoisotopic (exact) mass is 264 g/mol. The maximum absolute atomic E-state index is 11.4. The standard InChI is InChI=1S/C15H20O4/c1-4-10-6-7-12(13(8-10)17-3)19-14-9-11(16)15(14)18-5-2/h6-8,14-15H,4-5,9H2,1-3H3. The number of methoxy groups -OCH3 is 1. The lowest BCUT2D eigenvalue weighted by atomic mass is 9.90. The third-order valence-corrected chi connectivity index (χ3v) is 3.32. The summed E-state index contributed by atoms with van der Waals surface area (Å²) in [7, 11) is 1.62. The van der Waals surface area contributed by atoms with Gasteiger partial charge in [0.05, 0.1) is 7.11 Å². The topological polar surface area (TPSA) is 44.8 Å². The molecule has 2 rings (SSSR count). The van der Waals surface area contributed by atoms with Crippen LogP contribution in [0.1, 0.15) is 25.8 Å². The lowest BCUT2D eigenvalue weighted by Gasteiger charge is -2.34. The number of rotatable bonds is 6. The second kappa shape index (κ2) is 6.06. The third-order valence-electron chi connectivity index (χ3n) is 3.32. The zero-order chi connectivity index (χ0) is 13.8. The maximum atomic E-state index is 11.4. The van der Waals surface area contributed by atoms with Crippen molar-refractivity contribution < 1.29 is 19.0 Å². The first-order valence-electron chi connectivity index (χ1n) is 6.67. The molecule has 1 aromatic carbocycles. The summed E-state index contributed by atoms with van der Waals surface area (Å²) >= 11 is 0. The van der Waals surface area contributed by atoms with Crippen LogP contribution in [0.15, 0.2) is 18.2 Å². The van der Waals surface area contributed by atoms with Crippen molar-refractivity contribution in [3.05, 3.63) is 23.8 Å². The van der Waals surface area contributed by atoms with E-state index in [1.807, 2.05) is 25.1 Å². The fourth-order valence-corrected chi connectivity index (χ4v) is 2.14. The molecule has 104 valence electrons. The van der Waals surface area contributed by atoms with Gasteiger partial charge in [-0.25, -0.2) is 0 Å². The van der Waals surface area contributed by atoms with Crippen LogP contribution in [0.4, 0.5) is 0 Å². The van der Waals surface area contributed by atoms with Crippen LogP contribution in [0.3, 0.4) is 0 Å². The van der Waals surface area contributed by atoms with Crippen molar-refractivity contribution in [1.29, 1.82) is 0 Å². The molecule has 19 heavy (non-hydrogen) atoms. The van der Waals surface area contributed by atoms with Crippen LogP contribution < -0.4 is 9.47 Å². The Morgan fingerprint density at radius 1 is 1.26 bits per heavy atom. The van der Waals surface area contributed by atoms with Gasteiger partial charge in [0, 0.05) is 13.0 Å². The molecule has 4 nitrogen and oxygen atoms in total. The number of ketones is 1. The Kier molecular flexibility index (Phi) is 4.43. The molecular weight excluding hydrogens is 244 g/mol. The van der Waals surface area contributed by atoms with E-state index in [0.29, 0.717) is 24.5 Å². The maximum Gasteiger partial charge on any atom is 0.169 e. The fourth-order valence-electron chi connectivity index (χ4n) is 2.14. The number of Topliss-reactive ketones (excluding diaryl/α,β-unsaturated/α-hetero) is 1. The van der Waals surface area contributed by atoms with Crippen LogP contribution in [0.2, 0.25) is 0 Å². The number of hydrogen-bond acceptors (Lipinski definition) is 4. The van der Waals surface area contributed by atoms with Crippen molar-refractivity contribution in [2.45, 2.75) is 38.9 Å². The van der Waals surface area contributed by atoms with Gasteiger partial charge in [-0.3, -0.25) is 4.79 Å². The van der Waals surface area contributed by atoms with E-state index in [2.05, 4.69) is 6.92 Å². The predicted molar refractivity (Wildman–Crippen MR) is 71.8 cm³/mol. The molecule has 1 aliphatic carbocycles. The van der Waals surface area contributed by atoms with Gasteiger partial charge in [0.2, 0.25) is 0 Å². The number of hydrogen-bond donors (Lipinski definition) is 0. The highest BCUT2D eigenvalue weighted by Gasteiger charge is 2.42. The number of carbonyl (C=O) groups is 1. The minimum atomic E-state index is -0.430. The molecule has 4 heteroatoms. The molecule has 1 saturated carbocycles. The number of benzene rings is 1. The fraction of sp³-hybridized carbons (Fsp3) is 0.533. The lowest BCUT2D eigenvalue weighted by Crippen LogP contribution is -2.52. The van der Waals surface area contributed by atoms with Crippen LogP contribution >= 0.6 is 0 Å². The molecule has 0 heterocycles. The lowest BCUT2D eigenvalue weighted by molar-refractivity contribution is -0.154. The summed E-state index contributed by atoms with van der Waals surface area (Å²) in [6.07, 6.45) is 0.720. The van der Waals surface area contributed by atoms with E-state index in [-0.39, 0.29) is 11.9 Å². The summed E-state index contributed by atoms with van der Waals surface area (Å²) in [5.41, 5.74) is 1.19. The van der Waals surface area contributed by atoms with Gasteiger partial charge in [0.15, 0.2) is 23.4 Å². The molecule has 0 bridgehead atoms. The van der Waals surface area contributed by atoms with E-state index in [1.165, 1.54) is 5.56 Å². The molecule has 2 atom stereocenters. The first-order chi connectivity index (χ1) is 9.19. The van der Waals surface area contributed by atoms with Crippen molar-refractivity contribution in [3.63, 3.8) is 0 Å². The van der Waals surface area contributed by atoms with Gasteiger partial charge in [-0.15, -0.1) is 0 Å². The van der Waals surface area contributed by atoms with Crippen molar-refractivity contribution >= 4 is 5.78 Å². The van der Waals surface area contributed by atoms with Gasteiger partial charge >= 0.3 is 0 Å². The van der Waals surface area contributed by atoms with E-state index in [1.54, 1.807) is 7.11 Å². The average Bonchev–Trinajstić information content (AvgIpc) is 2.44. The zero-order valence-electron chi connectivity index (χ0n) is 11.6. The SMILES string of the molecule is CCOC1C(=O)CC1Oc1ccc(CC)cc1OC. The molecule has 0 aromatic heterocycles. The van der Waals surface area contributed by atoms with Crippen LogP contribution in [-0.2, 0) is 16.0 Å². The number of aryl methyl sites for hydroxylation is 1. The second-order valence-corrected chi connectivity index (χ2v) is 4.54. The normalized spacial score (nSPS) is 21.9. The first-order valence-corrected chi connectivity index (χ1v) is 6.67. The molecule has 2 unspecified atom stereocenters. The molecular formula is C15H20O4. The predicted octanol–water partition coefficient (Wildman–Crippen LogP) is 2.38. The molecule has 0 saturated heterocycles. The summed E-state index contributed by atoms with van der Waals surface area (Å²) in [6, 6.07) is 5.86. The molecule has 1 fully saturated rings. The zero-order valence-corrected chi connectivity index (χ0v) is 11.6. The van der Waals surface area contributed by atoms with E-state index in [4.69, 9.17) is 14.2 Å². The number of carbonyl (C=O) groups excluding carboxylic acids is 1. The highest BCUT2D eigenvalue weighted by atomic mass is 16.6. The van der Waals surface area contributed by atoms with Gasteiger partial charge in [-0.05, 0) is 31.0 Å². The smallest absolute Gasteiger partial charge is 0.169 e. The van der Waals surface area contributed by atoms with E-state index < -0.39 is 6.10 Å². The minimum Gasteiger partial charge on any atom is -0.493 e. The summed E-state index contributed by atoms with van der Waals surface area (Å²) in [4.78, 5) is 11.4. The Bertz CT molecular complexity index is 455. The molecule has 1 aliphatic rings. The van der Waals surface area contributed by atoms with Crippen molar-refractivity contribution in [3.8, 4) is 11.5 Å².